The molecule has 6 aromatic carbocycles. The van der Waals surface area contributed by atoms with Crippen molar-refractivity contribution in [1.29, 1.82) is 0 Å². The number of halogens is 6. The molecular formula is C64H60F6N12O6S2. The number of nitrogens with one attached hydrogen (secondary N) is 2. The maximum atomic E-state index is 14.8. The molecule has 2 aromatic heterocycles. The lowest BCUT2D eigenvalue weighted by Gasteiger charge is -2.23. The number of urea groups is 2. The van der Waals surface area contributed by atoms with Gasteiger partial charge in [0.1, 0.15) is 24.2 Å². The highest BCUT2D eigenvalue weighted by Crippen LogP contribution is 2.40. The first-order chi connectivity index (χ1) is 43.1. The zero-order chi connectivity index (χ0) is 63.7. The number of aliphatic imine (C=N–C) groups is 2. The fraction of sp³-hybridized carbons (Fsp3) is 0.281. The summed E-state index contributed by atoms with van der Waals surface area (Å²) in [5.41, 5.74) is 8.93. The average molecular weight is 1270 g/mol. The van der Waals surface area contributed by atoms with Gasteiger partial charge in [0.15, 0.2) is 22.0 Å². The van der Waals surface area contributed by atoms with Gasteiger partial charge in [0.25, 0.3) is 0 Å². The molecule has 18 nitrogen and oxygen atoms in total. The smallest absolute Gasteiger partial charge is 0.406 e. The molecule has 0 saturated carbocycles. The van der Waals surface area contributed by atoms with Crippen LogP contribution in [0.25, 0.3) is 34.2 Å². The van der Waals surface area contributed by atoms with Crippen LogP contribution in [0.3, 0.4) is 0 Å². The van der Waals surface area contributed by atoms with Crippen molar-refractivity contribution in [2.75, 3.05) is 28.6 Å². The molecule has 26 heteroatoms. The molecule has 0 radical (unpaired) electrons. The fourth-order valence-electron chi connectivity index (χ4n) is 10.2. The molecule has 0 aliphatic carbocycles. The van der Waals surface area contributed by atoms with Gasteiger partial charge in [-0.3, -0.25) is 19.4 Å². The average Bonchev–Trinajstić information content (AvgIpc) is 1.89. The van der Waals surface area contributed by atoms with E-state index in [0.717, 1.165) is 62.7 Å². The molecule has 4 heterocycles. The van der Waals surface area contributed by atoms with Gasteiger partial charge in [-0.1, -0.05) is 111 Å². The van der Waals surface area contributed by atoms with E-state index < -0.39 is 30.0 Å². The monoisotopic (exact) mass is 1270 g/mol. The first-order valence-corrected chi connectivity index (χ1v) is 30.7. The third kappa shape index (κ3) is 16.3. The third-order valence-corrected chi connectivity index (χ3v) is 16.4. The molecule has 2 fully saturated rings. The maximum Gasteiger partial charge on any atom is 0.573 e. The SMILES string of the molecule is CCCc1ccc(C)cc1N1C(=O)C(Cc2ccc(C(C)C)c(N3C(=O)CSC3=NC(=O)NCCCc3cccc(-c4ncn(-c5ccc(OC(F)(F)F)cc5)n4)c3)c2)SC1=NC(=O)NCCCc1cccc(-c2ncn(-c3ccc(OC(F)(F)F)cc3)n2)c1. The summed E-state index contributed by atoms with van der Waals surface area (Å²) in [5.74, 6) is -0.400. The summed E-state index contributed by atoms with van der Waals surface area (Å²) < 4.78 is 86.8. The van der Waals surface area contributed by atoms with E-state index >= 15 is 0 Å². The molecule has 1 atom stereocenters. The van der Waals surface area contributed by atoms with Crippen LogP contribution in [0.5, 0.6) is 11.5 Å². The Balaban J connectivity index is 0.773. The zero-order valence-electron chi connectivity index (χ0n) is 49.1. The van der Waals surface area contributed by atoms with E-state index in [2.05, 4.69) is 57.2 Å². The number of benzene rings is 6. The molecule has 90 heavy (non-hydrogen) atoms. The minimum absolute atomic E-state index is 0.0448. The van der Waals surface area contributed by atoms with E-state index in [9.17, 15) is 45.5 Å². The standard InChI is InChI=1S/C64H60F6N12O6S2/c1-5-10-44-19-17-40(4)31-52(44)82-58(84)54(90-62(82)76-60(86)72-30-9-14-42-12-7-16-46(33-42)57-74-38-80(78-57)48-22-26-50(27-23-48)88-64(68,69)70)35-43-18-28-51(39(2)3)53(34-43)81-55(83)36-89-61(81)75-59(85)71-29-8-13-41-11-6-15-45(32-41)56-73-37-79(77-56)47-20-24-49(25-21-47)87-63(65,66)67/h6-7,11-12,15-28,31-34,37-39,54H,5,8-10,13-14,29-30,35-36H2,1-4H3,(H,71,85)(H,72,86). The normalized spacial score (nSPS) is 15.4. The summed E-state index contributed by atoms with van der Waals surface area (Å²) in [6.07, 6.45) is -2.73. The Morgan fingerprint density at radius 1 is 0.644 bits per heavy atom. The number of carbonyl (C=O) groups is 4. The summed E-state index contributed by atoms with van der Waals surface area (Å²) in [4.78, 5) is 76.5. The van der Waals surface area contributed by atoms with Crippen LogP contribution < -0.4 is 29.9 Å². The molecule has 2 saturated heterocycles. The zero-order valence-corrected chi connectivity index (χ0v) is 50.7. The highest BCUT2D eigenvalue weighted by Gasteiger charge is 2.41. The second kappa shape index (κ2) is 28.0. The first-order valence-electron chi connectivity index (χ1n) is 28.8. The van der Waals surface area contributed by atoms with Crippen molar-refractivity contribution in [3.05, 3.63) is 179 Å². The van der Waals surface area contributed by atoms with Crippen LogP contribution in [0, 0.1) is 6.92 Å². The molecule has 6 amide bonds. The van der Waals surface area contributed by atoms with Gasteiger partial charge in [0.05, 0.1) is 33.8 Å². The van der Waals surface area contributed by atoms with Gasteiger partial charge in [-0.25, -0.2) is 28.9 Å². The van der Waals surface area contributed by atoms with E-state index in [1.807, 2.05) is 106 Å². The molecule has 1 unspecified atom stereocenters. The van der Waals surface area contributed by atoms with Crippen LogP contribution >= 0.6 is 23.5 Å². The van der Waals surface area contributed by atoms with Gasteiger partial charge in [0, 0.05) is 24.2 Å². The van der Waals surface area contributed by atoms with Crippen LogP contribution in [-0.4, -0.2) is 101 Å². The van der Waals surface area contributed by atoms with Crippen LogP contribution in [0.1, 0.15) is 79.3 Å². The first kappa shape index (κ1) is 63.7. The van der Waals surface area contributed by atoms with Gasteiger partial charge in [-0.2, -0.15) is 9.98 Å². The van der Waals surface area contributed by atoms with Crippen LogP contribution in [-0.2, 0) is 35.3 Å². The summed E-state index contributed by atoms with van der Waals surface area (Å²) in [7, 11) is 0. The largest absolute Gasteiger partial charge is 0.573 e. The lowest BCUT2D eigenvalue weighted by atomic mass is 9.96. The van der Waals surface area contributed by atoms with Gasteiger partial charge < -0.3 is 20.1 Å². The summed E-state index contributed by atoms with van der Waals surface area (Å²) >= 11 is 2.35. The van der Waals surface area contributed by atoms with Crippen LogP contribution in [0.4, 0.5) is 47.3 Å². The molecule has 2 aliphatic heterocycles. The molecule has 2 N–H and O–H groups in total. The number of ether oxygens (including phenoxy) is 2. The minimum atomic E-state index is -4.81. The lowest BCUT2D eigenvalue weighted by molar-refractivity contribution is -0.275. The molecule has 466 valence electrons. The van der Waals surface area contributed by atoms with Crippen molar-refractivity contribution >= 4 is 69.1 Å². The number of carbonyl (C=O) groups excluding carboxylic acids is 4. The van der Waals surface area contributed by atoms with E-state index in [1.54, 1.807) is 4.90 Å². The maximum absolute atomic E-state index is 14.8. The Hall–Kier alpha value is -9.30. The highest BCUT2D eigenvalue weighted by atomic mass is 32.2. The number of rotatable bonds is 21. The van der Waals surface area contributed by atoms with Gasteiger partial charge in [-0.15, -0.1) is 36.5 Å². The summed E-state index contributed by atoms with van der Waals surface area (Å²) in [5, 5.41) is 14.5. The van der Waals surface area contributed by atoms with E-state index in [0.29, 0.717) is 66.5 Å². The van der Waals surface area contributed by atoms with Crippen molar-refractivity contribution < 1.29 is 55.0 Å². The fourth-order valence-corrected chi connectivity index (χ4v) is 12.2. The minimum Gasteiger partial charge on any atom is -0.406 e. The summed E-state index contributed by atoms with van der Waals surface area (Å²) in [6.45, 7) is 8.53. The van der Waals surface area contributed by atoms with Crippen molar-refractivity contribution in [2.45, 2.75) is 96.5 Å². The predicted molar refractivity (Wildman–Crippen MR) is 333 cm³/mol. The Labute approximate surface area is 522 Å². The van der Waals surface area contributed by atoms with E-state index in [1.165, 1.54) is 87.2 Å². The molecule has 10 rings (SSSR count). The number of anilines is 2. The van der Waals surface area contributed by atoms with Gasteiger partial charge in [0.2, 0.25) is 11.8 Å². The van der Waals surface area contributed by atoms with Gasteiger partial charge >= 0.3 is 24.8 Å². The van der Waals surface area contributed by atoms with Crippen molar-refractivity contribution in [1.82, 2.24) is 40.2 Å². The molecule has 0 spiro atoms. The highest BCUT2D eigenvalue weighted by molar-refractivity contribution is 8.16. The molecule has 0 bridgehead atoms. The Morgan fingerprint density at radius 2 is 1.19 bits per heavy atom. The Morgan fingerprint density at radius 3 is 1.71 bits per heavy atom. The lowest BCUT2D eigenvalue weighted by Crippen LogP contribution is -2.35. The summed E-state index contributed by atoms with van der Waals surface area (Å²) in [6, 6.07) is 36.1. The Kier molecular flexibility index (Phi) is 19.8. The number of hydrogen-bond donors (Lipinski definition) is 2. The Bertz CT molecular complexity index is 3980. The number of amidine groups is 2. The van der Waals surface area contributed by atoms with E-state index in [-0.39, 0.29) is 64.8 Å². The second-order valence-corrected chi connectivity index (χ2v) is 23.5. The number of nitrogens with zero attached hydrogens (tertiary/aromatic N) is 10. The number of aromatic nitrogens is 6. The van der Waals surface area contributed by atoms with E-state index in [4.69, 9.17) is 0 Å². The molecular weight excluding hydrogens is 1210 g/mol. The van der Waals surface area contributed by atoms with Crippen molar-refractivity contribution in [3.8, 4) is 45.6 Å². The quantitative estimate of drug-likeness (QED) is 0.0510. The molecule has 2 aliphatic rings. The topological polar surface area (TPSA) is 203 Å². The number of aryl methyl sites for hydroxylation is 4. The van der Waals surface area contributed by atoms with Crippen molar-refractivity contribution in [3.63, 3.8) is 0 Å². The van der Waals surface area contributed by atoms with Gasteiger partial charge in [-0.05, 0) is 158 Å². The third-order valence-electron chi connectivity index (χ3n) is 14.3. The predicted octanol–water partition coefficient (Wildman–Crippen LogP) is 13.5. The number of alkyl halides is 6. The number of hydrogen-bond acceptors (Lipinski definition) is 12. The second-order valence-electron chi connectivity index (χ2n) is 21.4. The van der Waals surface area contributed by atoms with Crippen LogP contribution in [0.15, 0.2) is 156 Å². The van der Waals surface area contributed by atoms with Crippen LogP contribution in [0.2, 0.25) is 0 Å². The molecule has 8 aromatic rings. The van der Waals surface area contributed by atoms with Crippen molar-refractivity contribution in [2.24, 2.45) is 9.98 Å². The number of amides is 6. The number of thioether (sulfide) groups is 2.